The predicted molar refractivity (Wildman–Crippen MR) is 56.1 cm³/mol. The van der Waals surface area contributed by atoms with Crippen LogP contribution in [0.4, 0.5) is 4.79 Å². The van der Waals surface area contributed by atoms with Crippen LogP contribution in [0.3, 0.4) is 0 Å². The van der Waals surface area contributed by atoms with Crippen LogP contribution in [0, 0.1) is 5.92 Å². The number of amides is 2. The minimum Gasteiger partial charge on any atom is -0.325 e. The Kier molecular flexibility index (Phi) is 4.84. The second kappa shape index (κ2) is 6.19. The quantitative estimate of drug-likeness (QED) is 0.549. The highest BCUT2D eigenvalue weighted by molar-refractivity contribution is 5.74. The zero-order chi connectivity index (χ0) is 11.1. The number of hydrogen-bond donors (Lipinski definition) is 1. The van der Waals surface area contributed by atoms with E-state index in [-0.39, 0.29) is 12.7 Å². The molecule has 0 spiro atoms. The van der Waals surface area contributed by atoms with Crippen molar-refractivity contribution >= 4 is 12.1 Å². The second-order valence-corrected chi connectivity index (χ2v) is 3.91. The monoisotopic (exact) mass is 211 g/mol. The highest BCUT2D eigenvalue weighted by Gasteiger charge is 2.17. The molecule has 1 atom stereocenters. The molecule has 0 bridgehead atoms. The summed E-state index contributed by atoms with van der Waals surface area (Å²) >= 11 is 0. The number of carbonyl (C=O) groups is 1. The summed E-state index contributed by atoms with van der Waals surface area (Å²) in [5.41, 5.74) is 0. The van der Waals surface area contributed by atoms with Gasteiger partial charge in [0.15, 0.2) is 0 Å². The molecule has 1 unspecified atom stereocenters. The lowest BCUT2D eigenvalue weighted by Crippen LogP contribution is -2.40. The van der Waals surface area contributed by atoms with Gasteiger partial charge in [-0.25, -0.2) is 9.59 Å². The molecule has 0 aromatic heterocycles. The van der Waals surface area contributed by atoms with Crippen molar-refractivity contribution in [2.75, 3.05) is 19.8 Å². The van der Waals surface area contributed by atoms with Crippen molar-refractivity contribution in [3.05, 3.63) is 0 Å². The number of isocyanates is 1. The van der Waals surface area contributed by atoms with Gasteiger partial charge in [-0.3, -0.25) is 0 Å². The summed E-state index contributed by atoms with van der Waals surface area (Å²) in [5.74, 6) is 0.691. The van der Waals surface area contributed by atoms with E-state index in [0.29, 0.717) is 5.92 Å². The Morgan fingerprint density at radius 2 is 2.33 bits per heavy atom. The number of nitrogens with zero attached hydrogens (tertiary/aromatic N) is 2. The minimum atomic E-state index is -0.136. The van der Waals surface area contributed by atoms with Gasteiger partial charge in [-0.15, -0.1) is 0 Å². The number of hydrogen-bond acceptors (Lipinski definition) is 3. The molecule has 0 aromatic carbocycles. The Balaban J connectivity index is 2.34. The van der Waals surface area contributed by atoms with Crippen molar-refractivity contribution in [1.82, 2.24) is 10.2 Å². The Morgan fingerprint density at radius 3 is 3.07 bits per heavy atom. The van der Waals surface area contributed by atoms with E-state index < -0.39 is 0 Å². The second-order valence-electron chi connectivity index (χ2n) is 3.91. The van der Waals surface area contributed by atoms with E-state index in [4.69, 9.17) is 0 Å². The van der Waals surface area contributed by atoms with Crippen LogP contribution in [0.1, 0.15) is 26.2 Å². The molecule has 5 nitrogen and oxygen atoms in total. The third-order valence-corrected chi connectivity index (χ3v) is 2.68. The van der Waals surface area contributed by atoms with Gasteiger partial charge in [0.05, 0.1) is 0 Å². The van der Waals surface area contributed by atoms with Crippen LogP contribution in [0.25, 0.3) is 0 Å². The largest absolute Gasteiger partial charge is 0.325 e. The summed E-state index contributed by atoms with van der Waals surface area (Å²) in [6.45, 7) is 3.81. The summed E-state index contributed by atoms with van der Waals surface area (Å²) in [6.07, 6.45) is 4.66. The third-order valence-electron chi connectivity index (χ3n) is 2.68. The molecule has 0 aromatic rings. The maximum absolute atomic E-state index is 11.6. The van der Waals surface area contributed by atoms with E-state index >= 15 is 0 Å². The van der Waals surface area contributed by atoms with Crippen LogP contribution in [0.2, 0.25) is 0 Å². The number of rotatable bonds is 2. The fourth-order valence-corrected chi connectivity index (χ4v) is 1.72. The summed E-state index contributed by atoms with van der Waals surface area (Å²) in [7, 11) is 0. The van der Waals surface area contributed by atoms with Crippen LogP contribution in [-0.4, -0.2) is 36.8 Å². The highest BCUT2D eigenvalue weighted by atomic mass is 16.2. The Hall–Kier alpha value is -1.35. The van der Waals surface area contributed by atoms with Gasteiger partial charge in [0.1, 0.15) is 6.67 Å². The number of aliphatic imine (C=N–C) groups is 1. The molecule has 1 aliphatic heterocycles. The van der Waals surface area contributed by atoms with Crippen molar-refractivity contribution in [3.8, 4) is 0 Å². The normalized spacial score (nSPS) is 21.4. The van der Waals surface area contributed by atoms with Crippen molar-refractivity contribution in [2.45, 2.75) is 26.2 Å². The van der Waals surface area contributed by atoms with Crippen LogP contribution in [0.15, 0.2) is 4.99 Å². The molecule has 84 valence electrons. The van der Waals surface area contributed by atoms with Gasteiger partial charge < -0.3 is 10.2 Å². The Labute approximate surface area is 89.5 Å². The molecule has 0 saturated carbocycles. The van der Waals surface area contributed by atoms with Gasteiger partial charge >= 0.3 is 6.03 Å². The fraction of sp³-hybridized carbons (Fsp3) is 0.800. The van der Waals surface area contributed by atoms with Crippen LogP contribution < -0.4 is 5.32 Å². The van der Waals surface area contributed by atoms with Gasteiger partial charge in [-0.1, -0.05) is 6.92 Å². The molecule has 0 radical (unpaired) electrons. The molecule has 5 heteroatoms. The van der Waals surface area contributed by atoms with Crippen LogP contribution in [-0.2, 0) is 4.79 Å². The maximum Gasteiger partial charge on any atom is 0.318 e. The first-order valence-corrected chi connectivity index (χ1v) is 5.30. The average Bonchev–Trinajstić information content (AvgIpc) is 2.43. The van der Waals surface area contributed by atoms with Crippen molar-refractivity contribution in [3.63, 3.8) is 0 Å². The molecule has 2 amide bonds. The first-order valence-electron chi connectivity index (χ1n) is 5.30. The standard InChI is InChI=1S/C10H17N3O2/c1-9-3-2-5-13(6-4-9)10(15)12-7-11-8-14/h9H,2-7H2,1H3,(H,12,15). The minimum absolute atomic E-state index is 0.0222. The maximum atomic E-state index is 11.6. The first kappa shape index (κ1) is 11.7. The lowest BCUT2D eigenvalue weighted by Gasteiger charge is -2.20. The molecule has 1 fully saturated rings. The summed E-state index contributed by atoms with van der Waals surface area (Å²) in [6, 6.07) is -0.136. The zero-order valence-electron chi connectivity index (χ0n) is 9.03. The topological polar surface area (TPSA) is 61.8 Å². The number of likely N-dealkylation sites (tertiary alicyclic amines) is 1. The van der Waals surface area contributed by atoms with E-state index in [0.717, 1.165) is 25.9 Å². The number of urea groups is 1. The predicted octanol–water partition coefficient (Wildman–Crippen LogP) is 1.11. The molecule has 15 heavy (non-hydrogen) atoms. The van der Waals surface area contributed by atoms with Crippen molar-refractivity contribution in [2.24, 2.45) is 10.9 Å². The van der Waals surface area contributed by atoms with E-state index in [1.165, 1.54) is 12.5 Å². The summed E-state index contributed by atoms with van der Waals surface area (Å²) in [4.78, 5) is 26.4. The van der Waals surface area contributed by atoms with Gasteiger partial charge in [-0.05, 0) is 25.2 Å². The Morgan fingerprint density at radius 1 is 1.53 bits per heavy atom. The van der Waals surface area contributed by atoms with Gasteiger partial charge in [-0.2, -0.15) is 4.99 Å². The van der Waals surface area contributed by atoms with Crippen LogP contribution >= 0.6 is 0 Å². The SMILES string of the molecule is CC1CCCN(C(=O)NCN=C=O)CC1. The molecule has 1 saturated heterocycles. The average molecular weight is 211 g/mol. The lowest BCUT2D eigenvalue weighted by atomic mass is 10.0. The Bertz CT molecular complexity index is 261. The highest BCUT2D eigenvalue weighted by Crippen LogP contribution is 2.16. The lowest BCUT2D eigenvalue weighted by molar-refractivity contribution is 0.199. The number of nitrogens with one attached hydrogen (secondary N) is 1. The van der Waals surface area contributed by atoms with E-state index in [1.807, 2.05) is 0 Å². The van der Waals surface area contributed by atoms with E-state index in [1.54, 1.807) is 4.90 Å². The van der Waals surface area contributed by atoms with E-state index in [9.17, 15) is 9.59 Å². The first-order chi connectivity index (χ1) is 7.24. The summed E-state index contributed by atoms with van der Waals surface area (Å²) < 4.78 is 0. The smallest absolute Gasteiger partial charge is 0.318 e. The molecule has 1 N–H and O–H groups in total. The molecule has 1 aliphatic rings. The molecular formula is C10H17N3O2. The van der Waals surface area contributed by atoms with Gasteiger partial charge in [0.25, 0.3) is 0 Å². The van der Waals surface area contributed by atoms with Crippen LogP contribution in [0.5, 0.6) is 0 Å². The molecule has 1 heterocycles. The fourth-order valence-electron chi connectivity index (χ4n) is 1.72. The molecular weight excluding hydrogens is 194 g/mol. The summed E-state index contributed by atoms with van der Waals surface area (Å²) in [5, 5.41) is 2.55. The zero-order valence-corrected chi connectivity index (χ0v) is 9.03. The number of carbonyl (C=O) groups excluding carboxylic acids is 2. The molecule has 0 aliphatic carbocycles. The van der Waals surface area contributed by atoms with Crippen molar-refractivity contribution < 1.29 is 9.59 Å². The molecule has 1 rings (SSSR count). The van der Waals surface area contributed by atoms with Crippen molar-refractivity contribution in [1.29, 1.82) is 0 Å². The van der Waals surface area contributed by atoms with Gasteiger partial charge in [0.2, 0.25) is 6.08 Å². The third kappa shape index (κ3) is 4.13. The van der Waals surface area contributed by atoms with Gasteiger partial charge in [0, 0.05) is 13.1 Å². The van der Waals surface area contributed by atoms with E-state index in [2.05, 4.69) is 17.2 Å².